The number of carbonyl (C=O) groups excluding carboxylic acids is 2. The third-order valence-corrected chi connectivity index (χ3v) is 13.6. The Bertz CT molecular complexity index is 2160. The Labute approximate surface area is 315 Å². The van der Waals surface area contributed by atoms with Crippen molar-refractivity contribution in [2.75, 3.05) is 58.9 Å². The number of piperazine rings is 1. The molecule has 1 N–H and O–H groups in total. The van der Waals surface area contributed by atoms with Crippen LogP contribution in [0.2, 0.25) is 0 Å². The monoisotopic (exact) mass is 767 g/mol. The molecule has 54 heavy (non-hydrogen) atoms. The summed E-state index contributed by atoms with van der Waals surface area (Å²) < 4.78 is 62.9. The van der Waals surface area contributed by atoms with E-state index in [4.69, 9.17) is 13.9 Å². The van der Waals surface area contributed by atoms with Gasteiger partial charge in [0.05, 0.1) is 42.0 Å². The first-order chi connectivity index (χ1) is 25.6. The number of aryl methyl sites for hydroxylation is 2. The minimum atomic E-state index is -4.24. The van der Waals surface area contributed by atoms with E-state index in [1.165, 1.54) is 24.1 Å². The third kappa shape index (κ3) is 6.99. The van der Waals surface area contributed by atoms with Crippen LogP contribution in [0.4, 0.5) is 10.1 Å². The van der Waals surface area contributed by atoms with Gasteiger partial charge in [0.15, 0.2) is 11.6 Å². The normalized spacial score (nSPS) is 22.9. The highest BCUT2D eigenvalue weighted by molar-refractivity contribution is 7.87. The van der Waals surface area contributed by atoms with Crippen LogP contribution < -0.4 is 20.0 Å². The number of nitrogens with one attached hydrogen (secondary N) is 1. The van der Waals surface area contributed by atoms with Crippen LogP contribution in [-0.4, -0.2) is 107 Å². The maximum atomic E-state index is 16.5. The lowest BCUT2D eigenvalue weighted by Crippen LogP contribution is -2.53. The molecule has 1 saturated heterocycles. The van der Waals surface area contributed by atoms with Gasteiger partial charge in [-0.05, 0) is 102 Å². The molecule has 13 nitrogen and oxygen atoms in total. The number of fused-ring (bicyclic) bond motifs is 4. The Morgan fingerprint density at radius 2 is 1.78 bits per heavy atom. The molecular weight excluding hydrogens is 718 g/mol. The van der Waals surface area contributed by atoms with Crippen molar-refractivity contribution < 1.29 is 36.3 Å². The van der Waals surface area contributed by atoms with Gasteiger partial charge < -0.3 is 23.7 Å². The second kappa shape index (κ2) is 14.5. The van der Waals surface area contributed by atoms with Crippen molar-refractivity contribution in [2.24, 2.45) is 11.8 Å². The van der Waals surface area contributed by atoms with Crippen molar-refractivity contribution in [2.45, 2.75) is 78.1 Å². The van der Waals surface area contributed by atoms with Crippen LogP contribution in [0.15, 0.2) is 27.4 Å². The lowest BCUT2D eigenvalue weighted by molar-refractivity contribution is 0.0725. The van der Waals surface area contributed by atoms with Gasteiger partial charge >= 0.3 is 15.8 Å². The summed E-state index contributed by atoms with van der Waals surface area (Å²) >= 11 is 0. The highest BCUT2D eigenvalue weighted by atomic mass is 32.2. The summed E-state index contributed by atoms with van der Waals surface area (Å²) in [7, 11) is 0.881. The van der Waals surface area contributed by atoms with Gasteiger partial charge in [-0.3, -0.25) is 14.5 Å². The average Bonchev–Trinajstić information content (AvgIpc) is 3.74. The van der Waals surface area contributed by atoms with Gasteiger partial charge in [-0.1, -0.05) is 0 Å². The van der Waals surface area contributed by atoms with Crippen LogP contribution in [0.1, 0.15) is 76.1 Å². The SMILES string of the molecule is COC[C@H]1CN(c2cc(C)c3c4c(c(=O)oc3c2C)CN(C(=O)c2ccc(C(=O)NS(=O)(=O)N(C)C(C)C)c(OC3C[C@@H]5C[C@@H]5C3)c2F)CC4)CCN1C. The molecule has 2 aliphatic heterocycles. The molecule has 2 saturated carbocycles. The molecule has 3 heterocycles. The van der Waals surface area contributed by atoms with E-state index in [0.29, 0.717) is 48.9 Å². The summed E-state index contributed by atoms with van der Waals surface area (Å²) in [5.74, 6) is -2.28. The average molecular weight is 768 g/mol. The summed E-state index contributed by atoms with van der Waals surface area (Å²) in [5.41, 5.74) is 3.32. The molecule has 2 aliphatic carbocycles. The van der Waals surface area contributed by atoms with Gasteiger partial charge in [0, 0.05) is 63.0 Å². The predicted molar refractivity (Wildman–Crippen MR) is 202 cm³/mol. The number of hydrogen-bond donors (Lipinski definition) is 1. The van der Waals surface area contributed by atoms with Gasteiger partial charge in [-0.15, -0.1) is 0 Å². The van der Waals surface area contributed by atoms with E-state index in [9.17, 15) is 22.8 Å². The second-order valence-corrected chi connectivity index (χ2v) is 17.4. The molecule has 2 amide bonds. The first kappa shape index (κ1) is 38.2. The molecule has 0 spiro atoms. The van der Waals surface area contributed by atoms with Gasteiger partial charge in [0.25, 0.3) is 11.8 Å². The Hall–Kier alpha value is -4.05. The number of nitrogens with zero attached hydrogens (tertiary/aromatic N) is 4. The topological polar surface area (TPSA) is 142 Å². The van der Waals surface area contributed by atoms with E-state index in [-0.39, 0.29) is 36.4 Å². The molecule has 4 atom stereocenters. The molecule has 292 valence electrons. The molecule has 15 heteroatoms. The number of methoxy groups -OCH3 is 1. The fourth-order valence-electron chi connectivity index (χ4n) is 8.42. The molecule has 1 aromatic heterocycles. The number of halogens is 1. The van der Waals surface area contributed by atoms with Crippen LogP contribution in [-0.2, 0) is 27.9 Å². The van der Waals surface area contributed by atoms with Gasteiger partial charge in [-0.2, -0.15) is 12.7 Å². The number of anilines is 1. The molecular formula is C39H50FN5O8S. The lowest BCUT2D eigenvalue weighted by atomic mass is 9.92. The first-order valence-electron chi connectivity index (χ1n) is 18.7. The molecule has 0 bridgehead atoms. The Morgan fingerprint density at radius 1 is 1.07 bits per heavy atom. The summed E-state index contributed by atoms with van der Waals surface area (Å²) in [6.07, 6.45) is 2.44. The van der Waals surface area contributed by atoms with Crippen molar-refractivity contribution >= 4 is 38.7 Å². The van der Waals surface area contributed by atoms with Crippen LogP contribution in [0.25, 0.3) is 11.0 Å². The smallest absolute Gasteiger partial charge is 0.341 e. The molecule has 7 rings (SSSR count). The highest BCUT2D eigenvalue weighted by Crippen LogP contribution is 2.53. The number of amides is 2. The minimum Gasteiger partial charge on any atom is -0.486 e. The minimum absolute atomic E-state index is 0.0898. The molecule has 3 aromatic rings. The standard InChI is InChI=1S/C39H50FN5O8S/c1-21(2)43(6)54(49,50)41-37(46)30-9-8-29(34(40)36(30)52-27-16-24-15-25(24)17-27)38(47)45-11-10-28-31(19-45)39(48)53-35-23(4)32(14-22(3)33(28)35)44-13-12-42(5)26(18-44)20-51-7/h8-9,14,21,24-27H,10-13,15-20H2,1-7H3,(H,41,46)/t24-,25+,26-,27?/m1/s1. The second-order valence-electron chi connectivity index (χ2n) is 15.7. The van der Waals surface area contributed by atoms with Crippen molar-refractivity contribution in [3.63, 3.8) is 0 Å². The van der Waals surface area contributed by atoms with Crippen molar-refractivity contribution in [1.29, 1.82) is 0 Å². The number of benzene rings is 2. The van der Waals surface area contributed by atoms with Gasteiger partial charge in [0.1, 0.15) is 5.58 Å². The van der Waals surface area contributed by atoms with Crippen LogP contribution in [0.3, 0.4) is 0 Å². The van der Waals surface area contributed by atoms with E-state index >= 15 is 4.39 Å². The Morgan fingerprint density at radius 3 is 2.46 bits per heavy atom. The van der Waals surface area contributed by atoms with E-state index in [1.807, 2.05) is 18.6 Å². The first-order valence-corrected chi connectivity index (χ1v) is 20.1. The van der Waals surface area contributed by atoms with Crippen LogP contribution in [0, 0.1) is 31.5 Å². The van der Waals surface area contributed by atoms with Crippen molar-refractivity contribution in [3.8, 4) is 5.75 Å². The van der Waals surface area contributed by atoms with Crippen LogP contribution >= 0.6 is 0 Å². The number of hydrogen-bond acceptors (Lipinski definition) is 10. The molecule has 0 radical (unpaired) electrons. The van der Waals surface area contributed by atoms with E-state index in [0.717, 1.165) is 58.1 Å². The number of ether oxygens (including phenoxy) is 2. The van der Waals surface area contributed by atoms with Crippen molar-refractivity contribution in [3.05, 3.63) is 67.8 Å². The lowest BCUT2D eigenvalue weighted by Gasteiger charge is -2.41. The summed E-state index contributed by atoms with van der Waals surface area (Å²) in [5, 5.41) is 0.852. The molecule has 4 aliphatic rings. The van der Waals surface area contributed by atoms with Gasteiger partial charge in [0.2, 0.25) is 0 Å². The number of likely N-dealkylation sites (N-methyl/N-ethyl adjacent to an activating group) is 1. The van der Waals surface area contributed by atoms with E-state index in [1.54, 1.807) is 21.0 Å². The molecule has 2 aromatic carbocycles. The van der Waals surface area contributed by atoms with E-state index in [2.05, 4.69) is 22.9 Å². The van der Waals surface area contributed by atoms with Crippen molar-refractivity contribution in [1.82, 2.24) is 18.8 Å². The zero-order valence-corrected chi connectivity index (χ0v) is 32.8. The maximum Gasteiger partial charge on any atom is 0.341 e. The van der Waals surface area contributed by atoms with Gasteiger partial charge in [-0.25, -0.2) is 13.9 Å². The number of rotatable bonds is 10. The largest absolute Gasteiger partial charge is 0.486 e. The third-order valence-electron chi connectivity index (χ3n) is 11.9. The predicted octanol–water partition coefficient (Wildman–Crippen LogP) is 4.01. The zero-order valence-electron chi connectivity index (χ0n) is 32.0. The maximum absolute atomic E-state index is 16.5. The highest BCUT2D eigenvalue weighted by Gasteiger charge is 2.47. The fraction of sp³-hybridized carbons (Fsp3) is 0.564. The Balaban J connectivity index is 1.18. The summed E-state index contributed by atoms with van der Waals surface area (Å²) in [4.78, 5) is 47.1. The summed E-state index contributed by atoms with van der Waals surface area (Å²) in [6.45, 7) is 10.5. The van der Waals surface area contributed by atoms with Crippen LogP contribution in [0.5, 0.6) is 5.75 Å². The quantitative estimate of drug-likeness (QED) is 0.301. The molecule has 1 unspecified atom stereocenters. The zero-order chi connectivity index (χ0) is 38.8. The Kier molecular flexibility index (Phi) is 10.3. The fourth-order valence-corrected chi connectivity index (χ4v) is 9.46. The molecule has 3 fully saturated rings. The summed E-state index contributed by atoms with van der Waals surface area (Å²) in [6, 6.07) is 4.32. The number of carbonyl (C=O) groups is 2. The van der Waals surface area contributed by atoms with E-state index < -0.39 is 45.3 Å².